The van der Waals surface area contributed by atoms with Crippen LogP contribution in [-0.4, -0.2) is 83.4 Å². The van der Waals surface area contributed by atoms with Crippen LogP contribution < -0.4 is 14.8 Å². The summed E-state index contributed by atoms with van der Waals surface area (Å²) in [5, 5.41) is 14.0. The third-order valence-electron chi connectivity index (χ3n) is 10.9. The quantitative estimate of drug-likeness (QED) is 0.155. The Balaban J connectivity index is 1.13. The van der Waals surface area contributed by atoms with E-state index in [9.17, 15) is 14.7 Å². The Morgan fingerprint density at radius 1 is 1.04 bits per heavy atom. The van der Waals surface area contributed by atoms with Crippen LogP contribution in [0.25, 0.3) is 33.6 Å². The molecule has 278 valence electrons. The van der Waals surface area contributed by atoms with E-state index in [0.717, 1.165) is 59.2 Å². The molecule has 0 radical (unpaired) electrons. The number of pyridine rings is 1. The lowest BCUT2D eigenvalue weighted by Gasteiger charge is -2.25. The van der Waals surface area contributed by atoms with Gasteiger partial charge in [-0.05, 0) is 50.7 Å². The first-order valence-corrected chi connectivity index (χ1v) is 18.7. The van der Waals surface area contributed by atoms with Crippen LogP contribution in [-0.2, 0) is 27.3 Å². The molecule has 3 aliphatic heterocycles. The Bertz CT molecular complexity index is 2040. The Morgan fingerprint density at radius 2 is 1.72 bits per heavy atom. The first-order valence-electron chi connectivity index (χ1n) is 18.0. The van der Waals surface area contributed by atoms with Crippen LogP contribution in [0.5, 0.6) is 11.8 Å². The number of ether oxygens (including phenoxy) is 3. The van der Waals surface area contributed by atoms with E-state index in [1.54, 1.807) is 20.4 Å². The second kappa shape index (κ2) is 15.6. The summed E-state index contributed by atoms with van der Waals surface area (Å²) in [5.41, 5.74) is 6.34. The molecule has 3 aliphatic rings. The van der Waals surface area contributed by atoms with E-state index in [2.05, 4.69) is 10.2 Å². The SMILES string of the molecule is COc1nc(-c2cccc(-c3cccc(-c4cc(C)c(CN5CC(C(=O)O)C6(CCOC6)C5)c(OC)n4)c3Cl)c2Cl)cnc1CCC[C@@H]1CCC(=O)N1. The molecule has 3 saturated heterocycles. The Kier molecular flexibility index (Phi) is 10.9. The summed E-state index contributed by atoms with van der Waals surface area (Å²) in [6, 6.07) is 13.7. The van der Waals surface area contributed by atoms with Crippen molar-refractivity contribution in [3.05, 3.63) is 75.5 Å². The molecule has 3 fully saturated rings. The van der Waals surface area contributed by atoms with Gasteiger partial charge in [0.05, 0.1) is 54.4 Å². The summed E-state index contributed by atoms with van der Waals surface area (Å²) in [5.74, 6) is -0.228. The minimum atomic E-state index is -0.778. The predicted octanol–water partition coefficient (Wildman–Crippen LogP) is 7.03. The van der Waals surface area contributed by atoms with Gasteiger partial charge in [0.1, 0.15) is 5.69 Å². The largest absolute Gasteiger partial charge is 0.481 e. The van der Waals surface area contributed by atoms with Gasteiger partial charge in [0.25, 0.3) is 0 Å². The van der Waals surface area contributed by atoms with E-state index in [1.165, 1.54) is 0 Å². The van der Waals surface area contributed by atoms with Crippen molar-refractivity contribution in [3.63, 3.8) is 0 Å². The molecule has 2 unspecified atom stereocenters. The average molecular weight is 761 g/mol. The normalized spacial score (nSPS) is 21.3. The van der Waals surface area contributed by atoms with Crippen molar-refractivity contribution >= 4 is 35.1 Å². The highest BCUT2D eigenvalue weighted by Crippen LogP contribution is 2.45. The molecule has 2 aromatic carbocycles. The van der Waals surface area contributed by atoms with Crippen molar-refractivity contribution in [2.24, 2.45) is 11.3 Å². The van der Waals surface area contributed by atoms with Gasteiger partial charge in [-0.15, -0.1) is 0 Å². The first-order chi connectivity index (χ1) is 25.6. The highest BCUT2D eigenvalue weighted by Gasteiger charge is 2.52. The number of rotatable bonds is 12. The minimum Gasteiger partial charge on any atom is -0.481 e. The van der Waals surface area contributed by atoms with Crippen molar-refractivity contribution in [1.82, 2.24) is 25.2 Å². The maximum atomic E-state index is 12.2. The number of methoxy groups -OCH3 is 2. The fraction of sp³-hybridized carbons (Fsp3) is 0.425. The fourth-order valence-corrected chi connectivity index (χ4v) is 8.74. The van der Waals surface area contributed by atoms with E-state index in [4.69, 9.17) is 52.4 Å². The maximum Gasteiger partial charge on any atom is 0.308 e. The number of benzene rings is 2. The number of aliphatic carboxylic acids is 1. The van der Waals surface area contributed by atoms with Crippen molar-refractivity contribution in [2.45, 2.75) is 58.0 Å². The number of carboxylic acid groups (broad SMARTS) is 1. The minimum absolute atomic E-state index is 0.117. The van der Waals surface area contributed by atoms with Crippen molar-refractivity contribution in [2.75, 3.05) is 40.5 Å². The zero-order valence-corrected chi connectivity index (χ0v) is 31.6. The standard InChI is InChI=1S/C40H43Cl2N5O6/c1-23-17-32(45-37(51-2)29(23)19-47-20-30(39(49)50)40(21-47)15-16-53-22-40)27-10-5-8-25(35(27)41)26-9-6-11-28(36(26)42)33-18-43-31(38(46-33)52-3)12-4-7-24-13-14-34(48)44-24/h5-6,8-11,17-18,24,30H,4,7,12-16,19-22H2,1-3H3,(H,44,48)(H,49,50)/t24-,30?,40?/m1/s1. The van der Waals surface area contributed by atoms with Gasteiger partial charge in [0.2, 0.25) is 17.7 Å². The summed E-state index contributed by atoms with van der Waals surface area (Å²) in [4.78, 5) is 40.3. The zero-order chi connectivity index (χ0) is 37.3. The van der Waals surface area contributed by atoms with E-state index in [1.807, 2.05) is 49.4 Å². The number of nitrogens with zero attached hydrogens (tertiary/aromatic N) is 4. The fourth-order valence-electron chi connectivity index (χ4n) is 8.09. The monoisotopic (exact) mass is 759 g/mol. The molecular weight excluding hydrogens is 717 g/mol. The molecule has 7 rings (SSSR count). The van der Waals surface area contributed by atoms with Gasteiger partial charge in [-0.2, -0.15) is 0 Å². The number of carboxylic acids is 1. The second-order valence-electron chi connectivity index (χ2n) is 14.3. The highest BCUT2D eigenvalue weighted by atomic mass is 35.5. The number of carbonyl (C=O) groups is 2. The zero-order valence-electron chi connectivity index (χ0n) is 30.1. The van der Waals surface area contributed by atoms with E-state index in [0.29, 0.717) is 84.4 Å². The topological polar surface area (TPSA) is 136 Å². The molecule has 0 saturated carbocycles. The Hall–Kier alpha value is -4.29. The number of hydrogen-bond donors (Lipinski definition) is 2. The number of aryl methyl sites for hydroxylation is 2. The molecular formula is C40H43Cl2N5O6. The van der Waals surface area contributed by atoms with E-state index < -0.39 is 11.9 Å². The average Bonchev–Trinajstić information content (AvgIpc) is 3.89. The van der Waals surface area contributed by atoms with Crippen LogP contribution in [0.4, 0.5) is 0 Å². The van der Waals surface area contributed by atoms with Crippen LogP contribution in [0, 0.1) is 18.3 Å². The van der Waals surface area contributed by atoms with Gasteiger partial charge < -0.3 is 24.6 Å². The van der Waals surface area contributed by atoms with Gasteiger partial charge in [-0.25, -0.2) is 9.97 Å². The maximum absolute atomic E-state index is 12.2. The lowest BCUT2D eigenvalue weighted by atomic mass is 9.77. The van der Waals surface area contributed by atoms with Crippen molar-refractivity contribution in [1.29, 1.82) is 0 Å². The molecule has 1 spiro atoms. The molecule has 2 aromatic heterocycles. The lowest BCUT2D eigenvalue weighted by Crippen LogP contribution is -2.35. The van der Waals surface area contributed by atoms with E-state index in [-0.39, 0.29) is 17.4 Å². The van der Waals surface area contributed by atoms with Crippen LogP contribution >= 0.6 is 23.2 Å². The summed E-state index contributed by atoms with van der Waals surface area (Å²) in [7, 11) is 3.17. The first kappa shape index (κ1) is 37.0. The van der Waals surface area contributed by atoms with Crippen molar-refractivity contribution < 1.29 is 28.9 Å². The number of aromatic nitrogens is 3. The third kappa shape index (κ3) is 7.45. The molecule has 2 N–H and O–H groups in total. The summed E-state index contributed by atoms with van der Waals surface area (Å²) < 4.78 is 17.1. The molecule has 1 amide bonds. The van der Waals surface area contributed by atoms with Crippen LogP contribution in [0.15, 0.2) is 48.7 Å². The number of amides is 1. The van der Waals surface area contributed by atoms with Crippen molar-refractivity contribution in [3.8, 4) is 45.4 Å². The Labute approximate surface area is 319 Å². The molecule has 0 aliphatic carbocycles. The highest BCUT2D eigenvalue weighted by molar-refractivity contribution is 6.39. The van der Waals surface area contributed by atoms with Gasteiger partial charge in [-0.1, -0.05) is 59.6 Å². The molecule has 11 nitrogen and oxygen atoms in total. The molecule has 5 heterocycles. The number of hydrogen-bond acceptors (Lipinski definition) is 9. The van der Waals surface area contributed by atoms with Gasteiger partial charge in [0.15, 0.2) is 0 Å². The van der Waals surface area contributed by atoms with Crippen LogP contribution in [0.2, 0.25) is 10.0 Å². The molecule has 0 bridgehead atoms. The third-order valence-corrected chi connectivity index (χ3v) is 11.7. The number of halogens is 2. The summed E-state index contributed by atoms with van der Waals surface area (Å²) in [6.07, 6.45) is 6.32. The molecule has 53 heavy (non-hydrogen) atoms. The number of carbonyl (C=O) groups excluding carboxylic acids is 1. The van der Waals surface area contributed by atoms with Gasteiger partial charge in [0, 0.05) is 71.9 Å². The number of likely N-dealkylation sites (tertiary alicyclic amines) is 1. The van der Waals surface area contributed by atoms with Gasteiger partial charge in [-0.3, -0.25) is 19.5 Å². The second-order valence-corrected chi connectivity index (χ2v) is 15.0. The van der Waals surface area contributed by atoms with Crippen LogP contribution in [0.3, 0.4) is 0 Å². The van der Waals surface area contributed by atoms with Crippen LogP contribution in [0.1, 0.15) is 48.9 Å². The smallest absolute Gasteiger partial charge is 0.308 e. The molecule has 13 heteroatoms. The lowest BCUT2D eigenvalue weighted by molar-refractivity contribution is -0.144. The summed E-state index contributed by atoms with van der Waals surface area (Å²) in [6.45, 7) is 4.67. The van der Waals surface area contributed by atoms with E-state index >= 15 is 0 Å². The molecule has 4 aromatic rings. The summed E-state index contributed by atoms with van der Waals surface area (Å²) >= 11 is 14.3. The number of nitrogens with one attached hydrogen (secondary N) is 1. The Morgan fingerprint density at radius 3 is 2.34 bits per heavy atom. The predicted molar refractivity (Wildman–Crippen MR) is 202 cm³/mol. The molecule has 3 atom stereocenters. The van der Waals surface area contributed by atoms with Gasteiger partial charge >= 0.3 is 5.97 Å².